The van der Waals surface area contributed by atoms with Crippen molar-refractivity contribution in [3.63, 3.8) is 0 Å². The van der Waals surface area contributed by atoms with Gasteiger partial charge in [-0.2, -0.15) is 0 Å². The molecule has 1 saturated heterocycles. The first-order chi connectivity index (χ1) is 5.08. The van der Waals surface area contributed by atoms with Crippen LogP contribution in [0.25, 0.3) is 0 Å². The second-order valence-corrected chi connectivity index (χ2v) is 4.20. The number of ether oxygens (including phenoxy) is 1. The Labute approximate surface area is 81.5 Å². The minimum atomic E-state index is 0. The van der Waals surface area contributed by atoms with Crippen LogP contribution in [0.15, 0.2) is 0 Å². The Morgan fingerprint density at radius 3 is 2.42 bits per heavy atom. The van der Waals surface area contributed by atoms with E-state index in [0.717, 1.165) is 13.1 Å². The smallest absolute Gasteiger partial charge is 0.0707 e. The predicted molar refractivity (Wildman–Crippen MR) is 54.0 cm³/mol. The lowest BCUT2D eigenvalue weighted by Gasteiger charge is -2.30. The molecule has 0 aromatic carbocycles. The van der Waals surface area contributed by atoms with Crippen LogP contribution in [0.2, 0.25) is 0 Å². The summed E-state index contributed by atoms with van der Waals surface area (Å²) in [4.78, 5) is 0. The highest BCUT2D eigenvalue weighted by atomic mass is 35.5. The lowest BCUT2D eigenvalue weighted by Crippen LogP contribution is -2.39. The molecule has 1 aliphatic heterocycles. The molecule has 0 radical (unpaired) electrons. The van der Waals surface area contributed by atoms with E-state index >= 15 is 0 Å². The molecule has 0 amide bonds. The van der Waals surface area contributed by atoms with Crippen molar-refractivity contribution in [2.24, 2.45) is 0 Å². The van der Waals surface area contributed by atoms with Gasteiger partial charge in [-0.3, -0.25) is 0 Å². The van der Waals surface area contributed by atoms with Crippen molar-refractivity contribution < 1.29 is 4.74 Å². The van der Waals surface area contributed by atoms with E-state index in [9.17, 15) is 0 Å². The van der Waals surface area contributed by atoms with E-state index in [1.165, 1.54) is 12.8 Å². The molecule has 2 nitrogen and oxygen atoms in total. The zero-order chi connectivity index (χ0) is 8.32. The molecular formula is C9H20ClNO. The molecule has 0 aromatic heterocycles. The fraction of sp³-hybridized carbons (Fsp3) is 1.00. The predicted octanol–water partition coefficient (Wildman–Crippen LogP) is 1.98. The first kappa shape index (κ1) is 12.2. The summed E-state index contributed by atoms with van der Waals surface area (Å²) in [5.41, 5.74) is 0.0175. The first-order valence-corrected chi connectivity index (χ1v) is 4.46. The fourth-order valence-corrected chi connectivity index (χ4v) is 1.42. The molecule has 0 aliphatic carbocycles. The van der Waals surface area contributed by atoms with Gasteiger partial charge in [0.25, 0.3) is 0 Å². The maximum absolute atomic E-state index is 5.82. The Balaban J connectivity index is 0.00000121. The number of nitrogens with one attached hydrogen (secondary N) is 1. The van der Waals surface area contributed by atoms with Gasteiger partial charge in [0.05, 0.1) is 11.7 Å². The van der Waals surface area contributed by atoms with Crippen LogP contribution in [0.5, 0.6) is 0 Å². The normalized spacial score (nSPS) is 24.8. The second kappa shape index (κ2) is 5.05. The summed E-state index contributed by atoms with van der Waals surface area (Å²) in [7, 11) is 0. The molecule has 3 heteroatoms. The van der Waals surface area contributed by atoms with E-state index in [1.54, 1.807) is 0 Å². The molecular weight excluding hydrogens is 174 g/mol. The number of hydrogen-bond donors (Lipinski definition) is 1. The summed E-state index contributed by atoms with van der Waals surface area (Å²) < 4.78 is 5.82. The van der Waals surface area contributed by atoms with Crippen LogP contribution < -0.4 is 5.32 Å². The van der Waals surface area contributed by atoms with Gasteiger partial charge >= 0.3 is 0 Å². The maximum Gasteiger partial charge on any atom is 0.0707 e. The van der Waals surface area contributed by atoms with Crippen LogP contribution in [-0.2, 0) is 4.74 Å². The highest BCUT2D eigenvalue weighted by molar-refractivity contribution is 5.85. The highest BCUT2D eigenvalue weighted by Gasteiger charge is 2.20. The minimum Gasteiger partial charge on any atom is -0.371 e. The van der Waals surface area contributed by atoms with Gasteiger partial charge in [-0.25, -0.2) is 0 Å². The molecule has 0 unspecified atom stereocenters. The molecule has 1 atom stereocenters. The topological polar surface area (TPSA) is 21.3 Å². The van der Waals surface area contributed by atoms with Crippen molar-refractivity contribution in [1.82, 2.24) is 5.32 Å². The number of hydrogen-bond acceptors (Lipinski definition) is 2. The minimum absolute atomic E-state index is 0. The second-order valence-electron chi connectivity index (χ2n) is 4.20. The van der Waals surface area contributed by atoms with Crippen LogP contribution >= 0.6 is 12.4 Å². The molecule has 1 aliphatic rings. The number of rotatable bonds is 1. The third kappa shape index (κ3) is 4.96. The van der Waals surface area contributed by atoms with Crippen molar-refractivity contribution in [3.05, 3.63) is 0 Å². The Kier molecular flexibility index (Phi) is 5.14. The lowest BCUT2D eigenvalue weighted by molar-refractivity contribution is -0.0673. The lowest BCUT2D eigenvalue weighted by atomic mass is 10.1. The van der Waals surface area contributed by atoms with Crippen LogP contribution in [0.4, 0.5) is 0 Å². The van der Waals surface area contributed by atoms with E-state index in [0.29, 0.717) is 6.10 Å². The summed E-state index contributed by atoms with van der Waals surface area (Å²) in [6.45, 7) is 8.52. The van der Waals surface area contributed by atoms with Crippen molar-refractivity contribution in [2.75, 3.05) is 13.1 Å². The monoisotopic (exact) mass is 193 g/mol. The molecule has 0 bridgehead atoms. The third-order valence-electron chi connectivity index (χ3n) is 1.77. The van der Waals surface area contributed by atoms with Gasteiger partial charge in [-0.05, 0) is 40.2 Å². The molecule has 12 heavy (non-hydrogen) atoms. The van der Waals surface area contributed by atoms with Crippen molar-refractivity contribution in [2.45, 2.75) is 45.3 Å². The zero-order valence-electron chi connectivity index (χ0n) is 8.22. The highest BCUT2D eigenvalue weighted by Crippen LogP contribution is 2.15. The van der Waals surface area contributed by atoms with Crippen LogP contribution in [0.3, 0.4) is 0 Å². The Hall–Kier alpha value is 0.210. The van der Waals surface area contributed by atoms with Gasteiger partial charge in [0.2, 0.25) is 0 Å². The number of halogens is 1. The maximum atomic E-state index is 5.82. The van der Waals surface area contributed by atoms with Crippen LogP contribution in [0, 0.1) is 0 Å². The van der Waals surface area contributed by atoms with Gasteiger partial charge in [0.15, 0.2) is 0 Å². The van der Waals surface area contributed by atoms with Gasteiger partial charge in [0.1, 0.15) is 0 Å². The molecule has 1 N–H and O–H groups in total. The summed E-state index contributed by atoms with van der Waals surface area (Å²) >= 11 is 0. The summed E-state index contributed by atoms with van der Waals surface area (Å²) in [5.74, 6) is 0. The quantitative estimate of drug-likeness (QED) is 0.688. The summed E-state index contributed by atoms with van der Waals surface area (Å²) in [6.07, 6.45) is 2.90. The van der Waals surface area contributed by atoms with Crippen LogP contribution in [-0.4, -0.2) is 24.8 Å². The molecule has 1 fully saturated rings. The summed E-state index contributed by atoms with van der Waals surface area (Å²) in [5, 5.41) is 3.33. The van der Waals surface area contributed by atoms with Crippen molar-refractivity contribution in [3.8, 4) is 0 Å². The van der Waals surface area contributed by atoms with Gasteiger partial charge < -0.3 is 10.1 Å². The van der Waals surface area contributed by atoms with E-state index in [1.807, 2.05) is 0 Å². The van der Waals surface area contributed by atoms with E-state index in [-0.39, 0.29) is 18.0 Å². The number of piperidine rings is 1. The molecule has 0 aromatic rings. The van der Waals surface area contributed by atoms with Gasteiger partial charge in [0, 0.05) is 6.54 Å². The molecule has 0 saturated carbocycles. The Morgan fingerprint density at radius 1 is 1.33 bits per heavy atom. The standard InChI is InChI=1S/C9H19NO.ClH/c1-9(2,3)11-8-5-4-6-10-7-8;/h8,10H,4-7H2,1-3H3;1H/t8-;/m1./s1. The van der Waals surface area contributed by atoms with E-state index in [4.69, 9.17) is 4.74 Å². The average Bonchev–Trinajstić information content (AvgIpc) is 1.85. The zero-order valence-corrected chi connectivity index (χ0v) is 9.04. The first-order valence-electron chi connectivity index (χ1n) is 4.46. The SMILES string of the molecule is CC(C)(C)O[C@@H]1CCCNC1.Cl. The van der Waals surface area contributed by atoms with Crippen molar-refractivity contribution in [1.29, 1.82) is 0 Å². The van der Waals surface area contributed by atoms with E-state index in [2.05, 4.69) is 26.1 Å². The molecule has 74 valence electrons. The third-order valence-corrected chi connectivity index (χ3v) is 1.77. The van der Waals surface area contributed by atoms with Gasteiger partial charge in [-0.1, -0.05) is 0 Å². The summed E-state index contributed by atoms with van der Waals surface area (Å²) in [6, 6.07) is 0. The fourth-order valence-electron chi connectivity index (χ4n) is 1.42. The van der Waals surface area contributed by atoms with Gasteiger partial charge in [-0.15, -0.1) is 12.4 Å². The van der Waals surface area contributed by atoms with Crippen molar-refractivity contribution >= 4 is 12.4 Å². The molecule has 0 spiro atoms. The molecule has 1 rings (SSSR count). The van der Waals surface area contributed by atoms with E-state index < -0.39 is 0 Å². The average molecular weight is 194 g/mol. The Morgan fingerprint density at radius 2 is 2.00 bits per heavy atom. The molecule has 1 heterocycles. The van der Waals surface area contributed by atoms with Crippen LogP contribution in [0.1, 0.15) is 33.6 Å². The Bertz CT molecular complexity index is 116. The largest absolute Gasteiger partial charge is 0.371 e.